The largest absolute Gasteiger partial charge is 0.310 e. The van der Waals surface area contributed by atoms with Crippen molar-refractivity contribution >= 4 is 17.3 Å². The topological polar surface area (TPSA) is 72.2 Å². The highest BCUT2D eigenvalue weighted by Gasteiger charge is 2.24. The van der Waals surface area contributed by atoms with Gasteiger partial charge >= 0.3 is 0 Å². The molecule has 6 nitrogen and oxygen atoms in total. The van der Waals surface area contributed by atoms with Gasteiger partial charge in [-0.25, -0.2) is 9.97 Å². The van der Waals surface area contributed by atoms with Crippen molar-refractivity contribution in [2.24, 2.45) is 0 Å². The number of non-ortho nitro benzene ring substituents is 1. The molecule has 0 N–H and O–H groups in total. The molecule has 0 unspecified atom stereocenters. The molecule has 0 fully saturated rings. The van der Waals surface area contributed by atoms with Gasteiger partial charge in [-0.2, -0.15) is 0 Å². The van der Waals surface area contributed by atoms with Crippen LogP contribution in [0.1, 0.15) is 5.56 Å². The predicted molar refractivity (Wildman–Crippen MR) is 65.8 cm³/mol. The van der Waals surface area contributed by atoms with Crippen LogP contribution in [0.2, 0.25) is 0 Å². The lowest BCUT2D eigenvalue weighted by Crippen LogP contribution is -2.15. The van der Waals surface area contributed by atoms with E-state index in [1.807, 2.05) is 4.90 Å². The van der Waals surface area contributed by atoms with Gasteiger partial charge in [0.05, 0.1) is 4.92 Å². The van der Waals surface area contributed by atoms with Gasteiger partial charge in [0.2, 0.25) is 5.95 Å². The van der Waals surface area contributed by atoms with Crippen LogP contribution < -0.4 is 4.90 Å². The number of aromatic nitrogens is 2. The minimum atomic E-state index is -0.373. The van der Waals surface area contributed by atoms with Crippen molar-refractivity contribution in [2.45, 2.75) is 6.42 Å². The standard InChI is InChI=1S/C12H10N4O2/c17-16(18)10-2-3-11-9(8-10)4-7-15(11)12-13-5-1-6-14-12/h1-3,5-6,8H,4,7H2. The van der Waals surface area contributed by atoms with E-state index < -0.39 is 0 Å². The van der Waals surface area contributed by atoms with Crippen LogP contribution >= 0.6 is 0 Å². The Hall–Kier alpha value is -2.50. The van der Waals surface area contributed by atoms with Crippen LogP contribution in [0.15, 0.2) is 36.7 Å². The van der Waals surface area contributed by atoms with E-state index in [9.17, 15) is 10.1 Å². The summed E-state index contributed by atoms with van der Waals surface area (Å²) in [6.07, 6.45) is 4.15. The number of nitro benzene ring substituents is 1. The quantitative estimate of drug-likeness (QED) is 0.595. The lowest BCUT2D eigenvalue weighted by molar-refractivity contribution is -0.384. The maximum absolute atomic E-state index is 10.7. The van der Waals surface area contributed by atoms with Crippen molar-refractivity contribution in [3.63, 3.8) is 0 Å². The maximum Gasteiger partial charge on any atom is 0.269 e. The fourth-order valence-corrected chi connectivity index (χ4v) is 2.14. The van der Waals surface area contributed by atoms with Gasteiger partial charge in [-0.15, -0.1) is 0 Å². The first-order valence-electron chi connectivity index (χ1n) is 5.57. The average molecular weight is 242 g/mol. The van der Waals surface area contributed by atoms with E-state index in [1.54, 1.807) is 30.6 Å². The molecule has 6 heteroatoms. The molecule has 1 aromatic heterocycles. The molecule has 1 aliphatic heterocycles. The number of nitro groups is 1. The van der Waals surface area contributed by atoms with E-state index in [-0.39, 0.29) is 10.6 Å². The fourth-order valence-electron chi connectivity index (χ4n) is 2.14. The van der Waals surface area contributed by atoms with Gasteiger partial charge in [-0.3, -0.25) is 10.1 Å². The fraction of sp³-hybridized carbons (Fsp3) is 0.167. The van der Waals surface area contributed by atoms with Crippen LogP contribution in [0.5, 0.6) is 0 Å². The van der Waals surface area contributed by atoms with Crippen LogP contribution in [0.25, 0.3) is 0 Å². The molecule has 18 heavy (non-hydrogen) atoms. The minimum Gasteiger partial charge on any atom is -0.310 e. The van der Waals surface area contributed by atoms with E-state index in [4.69, 9.17) is 0 Å². The third-order valence-electron chi connectivity index (χ3n) is 2.96. The van der Waals surface area contributed by atoms with Gasteiger partial charge in [0.25, 0.3) is 5.69 Å². The van der Waals surface area contributed by atoms with Crippen molar-refractivity contribution in [3.05, 3.63) is 52.3 Å². The molecule has 0 atom stereocenters. The van der Waals surface area contributed by atoms with E-state index in [0.717, 1.165) is 24.2 Å². The first-order valence-corrected chi connectivity index (χ1v) is 5.57. The highest BCUT2D eigenvalue weighted by atomic mass is 16.6. The lowest BCUT2D eigenvalue weighted by Gasteiger charge is -2.16. The molecule has 0 saturated carbocycles. The van der Waals surface area contributed by atoms with Crippen molar-refractivity contribution < 1.29 is 4.92 Å². The molecule has 0 bridgehead atoms. The highest BCUT2D eigenvalue weighted by Crippen LogP contribution is 2.34. The second-order valence-electron chi connectivity index (χ2n) is 4.02. The lowest BCUT2D eigenvalue weighted by atomic mass is 10.1. The Morgan fingerprint density at radius 2 is 2.06 bits per heavy atom. The summed E-state index contributed by atoms with van der Waals surface area (Å²) in [6.45, 7) is 0.751. The van der Waals surface area contributed by atoms with Crippen LogP contribution in [0.4, 0.5) is 17.3 Å². The number of hydrogen-bond donors (Lipinski definition) is 0. The van der Waals surface area contributed by atoms with Gasteiger partial charge in [0.1, 0.15) is 0 Å². The summed E-state index contributed by atoms with van der Waals surface area (Å²) in [7, 11) is 0. The predicted octanol–water partition coefficient (Wildman–Crippen LogP) is 2.08. The summed E-state index contributed by atoms with van der Waals surface area (Å²) in [6, 6.07) is 6.66. The van der Waals surface area contributed by atoms with E-state index in [2.05, 4.69) is 9.97 Å². The second kappa shape index (κ2) is 4.06. The molecule has 0 amide bonds. The Kier molecular flexibility index (Phi) is 2.40. The van der Waals surface area contributed by atoms with Gasteiger partial charge in [-0.1, -0.05) is 0 Å². The number of rotatable bonds is 2. The molecule has 0 spiro atoms. The third-order valence-corrected chi connectivity index (χ3v) is 2.96. The molecule has 90 valence electrons. The molecule has 0 aliphatic carbocycles. The Bertz CT molecular complexity index is 600. The molecule has 0 saturated heterocycles. The van der Waals surface area contributed by atoms with Crippen molar-refractivity contribution in [1.29, 1.82) is 0 Å². The number of benzene rings is 1. The summed E-state index contributed by atoms with van der Waals surface area (Å²) in [4.78, 5) is 20.7. The summed E-state index contributed by atoms with van der Waals surface area (Å²) in [5.41, 5.74) is 2.05. The summed E-state index contributed by atoms with van der Waals surface area (Å²) >= 11 is 0. The van der Waals surface area contributed by atoms with Gasteiger partial charge in [0, 0.05) is 36.8 Å². The summed E-state index contributed by atoms with van der Waals surface area (Å²) in [5.74, 6) is 0.630. The Balaban J connectivity index is 2.00. The zero-order chi connectivity index (χ0) is 12.5. The zero-order valence-corrected chi connectivity index (χ0v) is 9.48. The number of anilines is 2. The molecule has 0 radical (unpaired) electrons. The third kappa shape index (κ3) is 1.67. The summed E-state index contributed by atoms with van der Waals surface area (Å²) < 4.78 is 0. The van der Waals surface area contributed by atoms with Crippen LogP contribution in [-0.2, 0) is 6.42 Å². The molecular weight excluding hydrogens is 232 g/mol. The van der Waals surface area contributed by atoms with E-state index >= 15 is 0 Å². The zero-order valence-electron chi connectivity index (χ0n) is 9.48. The Labute approximate surface area is 103 Å². The van der Waals surface area contributed by atoms with Crippen LogP contribution in [0.3, 0.4) is 0 Å². The van der Waals surface area contributed by atoms with Gasteiger partial charge in [-0.05, 0) is 24.1 Å². The van der Waals surface area contributed by atoms with E-state index in [0.29, 0.717) is 5.95 Å². The highest BCUT2D eigenvalue weighted by molar-refractivity contribution is 5.67. The molecular formula is C12H10N4O2. The molecule has 3 rings (SSSR count). The first kappa shape index (κ1) is 10.6. The SMILES string of the molecule is O=[N+]([O-])c1ccc2c(c1)CCN2c1ncccn1. The first-order chi connectivity index (χ1) is 8.75. The monoisotopic (exact) mass is 242 g/mol. The van der Waals surface area contributed by atoms with Gasteiger partial charge < -0.3 is 4.90 Å². The van der Waals surface area contributed by atoms with Crippen LogP contribution in [-0.4, -0.2) is 21.4 Å². The molecule has 1 aromatic carbocycles. The van der Waals surface area contributed by atoms with Crippen molar-refractivity contribution in [3.8, 4) is 0 Å². The van der Waals surface area contributed by atoms with Crippen LogP contribution in [0, 0.1) is 10.1 Å². The number of fused-ring (bicyclic) bond motifs is 1. The molecule has 1 aliphatic rings. The molecule has 2 heterocycles. The molecule has 2 aromatic rings. The summed E-state index contributed by atoms with van der Waals surface area (Å²) in [5, 5.41) is 10.7. The minimum absolute atomic E-state index is 0.129. The number of hydrogen-bond acceptors (Lipinski definition) is 5. The number of nitrogens with zero attached hydrogens (tertiary/aromatic N) is 4. The van der Waals surface area contributed by atoms with Crippen molar-refractivity contribution in [1.82, 2.24) is 9.97 Å². The second-order valence-corrected chi connectivity index (χ2v) is 4.02. The maximum atomic E-state index is 10.7. The normalized spacial score (nSPS) is 13.4. The van der Waals surface area contributed by atoms with Crippen molar-refractivity contribution in [2.75, 3.05) is 11.4 Å². The van der Waals surface area contributed by atoms with E-state index in [1.165, 1.54) is 6.07 Å². The Morgan fingerprint density at radius 3 is 2.78 bits per heavy atom. The average Bonchev–Trinajstić information content (AvgIpc) is 2.82. The Morgan fingerprint density at radius 1 is 1.28 bits per heavy atom. The smallest absolute Gasteiger partial charge is 0.269 e. The van der Waals surface area contributed by atoms with Gasteiger partial charge in [0.15, 0.2) is 0 Å².